The first-order valence-electron chi connectivity index (χ1n) is 9.94. The molecule has 0 radical (unpaired) electrons. The number of piperazine rings is 1. The van der Waals surface area contributed by atoms with E-state index in [9.17, 15) is 22.4 Å². The highest BCUT2D eigenvalue weighted by Gasteiger charge is 2.37. The molecule has 0 bridgehead atoms. The minimum Gasteiger partial charge on any atom is -0.468 e. The first-order chi connectivity index (χ1) is 15.3. The van der Waals surface area contributed by atoms with Crippen molar-refractivity contribution in [3.05, 3.63) is 65.7 Å². The lowest BCUT2D eigenvalue weighted by Crippen LogP contribution is -2.49. The van der Waals surface area contributed by atoms with Crippen molar-refractivity contribution in [3.8, 4) is 0 Å². The summed E-state index contributed by atoms with van der Waals surface area (Å²) in [5, 5.41) is 0.525. The van der Waals surface area contributed by atoms with Gasteiger partial charge in [0.15, 0.2) is 0 Å². The first-order valence-corrected chi connectivity index (χ1v) is 9.94. The summed E-state index contributed by atoms with van der Waals surface area (Å²) in [4.78, 5) is 23.6. The van der Waals surface area contributed by atoms with Gasteiger partial charge in [-0.05, 0) is 29.8 Å². The van der Waals surface area contributed by atoms with E-state index >= 15 is 0 Å². The first kappa shape index (κ1) is 21.9. The standard InChI is InChI=1S/C22H20F4N4O2/c1-32-20(31)18(14-6-8-15(23)9-7-14)29-10-12-30(13-11-29)19-16-4-2-3-5-17(16)27-21(28-19)22(24,25)26/h2-9,18H,10-13H2,1H3/t18-/m1/s1. The smallest absolute Gasteiger partial charge is 0.451 e. The Morgan fingerprint density at radius 2 is 1.66 bits per heavy atom. The molecule has 0 unspecified atom stereocenters. The average molecular weight is 448 g/mol. The van der Waals surface area contributed by atoms with Gasteiger partial charge in [0.2, 0.25) is 5.82 Å². The number of aromatic nitrogens is 2. The summed E-state index contributed by atoms with van der Waals surface area (Å²) in [5.41, 5.74) is 0.796. The molecular weight excluding hydrogens is 428 g/mol. The zero-order valence-corrected chi connectivity index (χ0v) is 17.1. The topological polar surface area (TPSA) is 58.6 Å². The lowest BCUT2D eigenvalue weighted by atomic mass is 10.0. The zero-order valence-electron chi connectivity index (χ0n) is 17.1. The number of methoxy groups -OCH3 is 1. The molecule has 1 saturated heterocycles. The summed E-state index contributed by atoms with van der Waals surface area (Å²) in [7, 11) is 1.28. The fourth-order valence-corrected chi connectivity index (χ4v) is 3.87. The van der Waals surface area contributed by atoms with Crippen molar-refractivity contribution in [2.24, 2.45) is 0 Å². The molecule has 4 rings (SSSR count). The molecule has 2 aromatic carbocycles. The molecule has 32 heavy (non-hydrogen) atoms. The van der Waals surface area contributed by atoms with Crippen LogP contribution in [-0.2, 0) is 15.7 Å². The molecule has 1 aliphatic heterocycles. The second-order valence-corrected chi connectivity index (χ2v) is 7.39. The van der Waals surface area contributed by atoms with Gasteiger partial charge in [-0.15, -0.1) is 0 Å². The number of para-hydroxylation sites is 1. The number of carbonyl (C=O) groups is 1. The van der Waals surface area contributed by atoms with E-state index in [-0.39, 0.29) is 11.3 Å². The average Bonchev–Trinajstić information content (AvgIpc) is 2.79. The van der Waals surface area contributed by atoms with Gasteiger partial charge in [-0.3, -0.25) is 4.90 Å². The van der Waals surface area contributed by atoms with Crippen molar-refractivity contribution in [1.29, 1.82) is 0 Å². The highest BCUT2D eigenvalue weighted by molar-refractivity contribution is 5.89. The Morgan fingerprint density at radius 3 is 2.28 bits per heavy atom. The number of benzene rings is 2. The van der Waals surface area contributed by atoms with Gasteiger partial charge in [0.1, 0.15) is 17.7 Å². The highest BCUT2D eigenvalue weighted by Crippen LogP contribution is 2.33. The molecule has 0 spiro atoms. The maximum atomic E-state index is 13.3. The van der Waals surface area contributed by atoms with E-state index in [4.69, 9.17) is 4.74 Å². The van der Waals surface area contributed by atoms with Crippen LogP contribution in [0.3, 0.4) is 0 Å². The van der Waals surface area contributed by atoms with Gasteiger partial charge in [0, 0.05) is 31.6 Å². The molecule has 1 atom stereocenters. The Hall–Kier alpha value is -3.27. The Kier molecular flexibility index (Phi) is 5.96. The maximum Gasteiger partial charge on any atom is 0.451 e. The third kappa shape index (κ3) is 4.36. The summed E-state index contributed by atoms with van der Waals surface area (Å²) in [6.45, 7) is 1.42. The number of ether oxygens (including phenoxy) is 1. The maximum absolute atomic E-state index is 13.3. The Balaban J connectivity index is 1.61. The largest absolute Gasteiger partial charge is 0.468 e. The van der Waals surface area contributed by atoms with Gasteiger partial charge in [0.25, 0.3) is 0 Å². The summed E-state index contributed by atoms with van der Waals surface area (Å²) in [6.07, 6.45) is -4.67. The number of halogens is 4. The molecule has 10 heteroatoms. The molecule has 6 nitrogen and oxygen atoms in total. The number of rotatable bonds is 4. The van der Waals surface area contributed by atoms with Crippen LogP contribution < -0.4 is 4.90 Å². The molecule has 1 aromatic heterocycles. The minimum atomic E-state index is -4.67. The molecule has 0 aliphatic carbocycles. The summed E-state index contributed by atoms with van der Waals surface area (Å²) < 4.78 is 58.3. The molecule has 0 saturated carbocycles. The predicted molar refractivity (Wildman–Crippen MR) is 109 cm³/mol. The van der Waals surface area contributed by atoms with Crippen LogP contribution in [-0.4, -0.2) is 54.1 Å². The molecule has 3 aromatic rings. The van der Waals surface area contributed by atoms with Crippen molar-refractivity contribution in [3.63, 3.8) is 0 Å². The Bertz CT molecular complexity index is 1110. The number of esters is 1. The summed E-state index contributed by atoms with van der Waals surface area (Å²) >= 11 is 0. The summed E-state index contributed by atoms with van der Waals surface area (Å²) in [5.74, 6) is -1.89. The van der Waals surface area contributed by atoms with Crippen molar-refractivity contribution in [2.45, 2.75) is 12.2 Å². The van der Waals surface area contributed by atoms with Crippen LogP contribution in [0.1, 0.15) is 17.4 Å². The Labute approximate surface area is 181 Å². The highest BCUT2D eigenvalue weighted by atomic mass is 19.4. The van der Waals surface area contributed by atoms with Crippen LogP contribution >= 0.6 is 0 Å². The lowest BCUT2D eigenvalue weighted by Gasteiger charge is -2.39. The third-order valence-corrected chi connectivity index (χ3v) is 5.43. The monoisotopic (exact) mass is 448 g/mol. The molecule has 168 valence electrons. The van der Waals surface area contributed by atoms with Crippen LogP contribution in [0.4, 0.5) is 23.4 Å². The fraction of sp³-hybridized carbons (Fsp3) is 0.318. The van der Waals surface area contributed by atoms with Gasteiger partial charge in [0.05, 0.1) is 12.6 Å². The summed E-state index contributed by atoms with van der Waals surface area (Å²) in [6, 6.07) is 11.4. The number of fused-ring (bicyclic) bond motifs is 1. The number of nitrogens with zero attached hydrogens (tertiary/aromatic N) is 4. The second kappa shape index (κ2) is 8.70. The van der Waals surface area contributed by atoms with E-state index in [1.807, 2.05) is 4.90 Å². The molecular formula is C22H20F4N4O2. The van der Waals surface area contributed by atoms with Gasteiger partial charge in [-0.1, -0.05) is 24.3 Å². The normalized spacial score (nSPS) is 16.2. The van der Waals surface area contributed by atoms with Crippen molar-refractivity contribution >= 4 is 22.7 Å². The number of anilines is 1. The van der Waals surface area contributed by atoms with Gasteiger partial charge < -0.3 is 9.64 Å². The fourth-order valence-electron chi connectivity index (χ4n) is 3.87. The molecule has 2 heterocycles. The Morgan fingerprint density at radius 1 is 1.00 bits per heavy atom. The van der Waals surface area contributed by atoms with Crippen LogP contribution in [0.25, 0.3) is 10.9 Å². The zero-order chi connectivity index (χ0) is 22.9. The van der Waals surface area contributed by atoms with Crippen molar-refractivity contribution < 1.29 is 27.1 Å². The van der Waals surface area contributed by atoms with Crippen molar-refractivity contribution in [1.82, 2.24) is 14.9 Å². The van der Waals surface area contributed by atoms with E-state index in [2.05, 4.69) is 9.97 Å². The SMILES string of the molecule is COC(=O)[C@@H](c1ccc(F)cc1)N1CCN(c2nc(C(F)(F)F)nc3ccccc23)CC1. The minimum absolute atomic E-state index is 0.207. The quantitative estimate of drug-likeness (QED) is 0.447. The molecule has 0 amide bonds. The predicted octanol–water partition coefficient (Wildman–Crippen LogP) is 3.82. The van der Waals surface area contributed by atoms with E-state index in [1.165, 1.54) is 37.4 Å². The van der Waals surface area contributed by atoms with E-state index in [0.29, 0.717) is 37.1 Å². The van der Waals surface area contributed by atoms with Gasteiger partial charge in [-0.2, -0.15) is 13.2 Å². The van der Waals surface area contributed by atoms with Crippen LogP contribution in [0.2, 0.25) is 0 Å². The van der Waals surface area contributed by atoms with Crippen LogP contribution in [0, 0.1) is 5.82 Å². The van der Waals surface area contributed by atoms with E-state index in [0.717, 1.165) is 0 Å². The van der Waals surface area contributed by atoms with E-state index < -0.39 is 29.8 Å². The number of carbonyl (C=O) groups excluding carboxylic acids is 1. The van der Waals surface area contributed by atoms with Gasteiger partial charge >= 0.3 is 12.1 Å². The number of hydrogen-bond acceptors (Lipinski definition) is 6. The number of hydrogen-bond donors (Lipinski definition) is 0. The van der Waals surface area contributed by atoms with Crippen LogP contribution in [0.5, 0.6) is 0 Å². The molecule has 1 aliphatic rings. The molecule has 0 N–H and O–H groups in total. The lowest BCUT2D eigenvalue weighted by molar-refractivity contribution is -0.147. The molecule has 1 fully saturated rings. The van der Waals surface area contributed by atoms with Crippen molar-refractivity contribution in [2.75, 3.05) is 38.2 Å². The van der Waals surface area contributed by atoms with E-state index in [1.54, 1.807) is 23.1 Å². The number of alkyl halides is 3. The van der Waals surface area contributed by atoms with Gasteiger partial charge in [-0.25, -0.2) is 19.2 Å². The second-order valence-electron chi connectivity index (χ2n) is 7.39. The van der Waals surface area contributed by atoms with Crippen LogP contribution in [0.15, 0.2) is 48.5 Å². The third-order valence-electron chi connectivity index (χ3n) is 5.43.